The maximum absolute atomic E-state index is 12.5. The summed E-state index contributed by atoms with van der Waals surface area (Å²) < 4.78 is 16.1. The highest BCUT2D eigenvalue weighted by atomic mass is 16.6. The van der Waals surface area contributed by atoms with E-state index in [4.69, 9.17) is 14.2 Å². The summed E-state index contributed by atoms with van der Waals surface area (Å²) in [4.78, 5) is 50.8. The fourth-order valence-electron chi connectivity index (χ4n) is 4.09. The number of aromatic nitrogens is 3. The minimum Gasteiger partial charge on any atom is -0.423 e. The van der Waals surface area contributed by atoms with Crippen molar-refractivity contribution in [1.29, 1.82) is 0 Å². The van der Waals surface area contributed by atoms with Gasteiger partial charge in [-0.3, -0.25) is 20.2 Å². The van der Waals surface area contributed by atoms with E-state index < -0.39 is 27.2 Å². The molecule has 3 heterocycles. The highest BCUT2D eigenvalue weighted by molar-refractivity contribution is 5.92. The molecule has 0 saturated carbocycles. The van der Waals surface area contributed by atoms with Crippen LogP contribution < -0.4 is 20.0 Å². The van der Waals surface area contributed by atoms with Crippen molar-refractivity contribution in [1.82, 2.24) is 15.0 Å². The van der Waals surface area contributed by atoms with Crippen molar-refractivity contribution in [3.8, 4) is 5.75 Å². The molecule has 3 aromatic rings. The number of nitro groups is 2. The first-order valence-electron chi connectivity index (χ1n) is 12.8. The third-order valence-electron chi connectivity index (χ3n) is 6.23. The number of hydrogen-bond donors (Lipinski definition) is 1. The van der Waals surface area contributed by atoms with Crippen LogP contribution in [0, 0.1) is 20.2 Å². The number of hydrazone groups is 1. The number of nitrogens with one attached hydrogen (secondary N) is 1. The lowest BCUT2D eigenvalue weighted by Crippen LogP contribution is -2.40. The van der Waals surface area contributed by atoms with Crippen molar-refractivity contribution in [2.45, 2.75) is 0 Å². The number of morpholine rings is 2. The van der Waals surface area contributed by atoms with Crippen LogP contribution in [-0.2, 0) is 9.47 Å². The number of non-ortho nitro benzene ring substituents is 2. The Labute approximate surface area is 238 Å². The molecule has 0 radical (unpaired) electrons. The van der Waals surface area contributed by atoms with Crippen molar-refractivity contribution in [3.63, 3.8) is 0 Å². The van der Waals surface area contributed by atoms with Crippen LogP contribution in [0.1, 0.15) is 15.9 Å². The van der Waals surface area contributed by atoms with Crippen LogP contribution in [0.2, 0.25) is 0 Å². The minimum absolute atomic E-state index is 0.127. The number of carbonyl (C=O) groups excluding carboxylic acids is 1. The van der Waals surface area contributed by atoms with Crippen LogP contribution >= 0.6 is 0 Å². The molecule has 2 fully saturated rings. The molecule has 17 heteroatoms. The van der Waals surface area contributed by atoms with Gasteiger partial charge in [-0.15, -0.1) is 0 Å². The first kappa shape index (κ1) is 28.2. The second kappa shape index (κ2) is 12.9. The summed E-state index contributed by atoms with van der Waals surface area (Å²) in [6.07, 6.45) is 1.52. The molecule has 17 nitrogen and oxygen atoms in total. The van der Waals surface area contributed by atoms with Crippen molar-refractivity contribution in [2.24, 2.45) is 5.10 Å². The van der Waals surface area contributed by atoms with Gasteiger partial charge in [0.15, 0.2) is 0 Å². The second-order valence-electron chi connectivity index (χ2n) is 9.04. The van der Waals surface area contributed by atoms with Crippen LogP contribution in [0.5, 0.6) is 5.75 Å². The molecule has 0 aliphatic carbocycles. The van der Waals surface area contributed by atoms with E-state index in [9.17, 15) is 25.0 Å². The van der Waals surface area contributed by atoms with E-state index in [1.165, 1.54) is 18.3 Å². The SMILES string of the molecule is O=C(Oc1ccc(/C=N/Nc2nc(N3CCOCC3)nc(N3CCOCC3)n2)cc1)c1cc([N+](=O)[O-])cc([N+](=O)[O-])c1. The maximum Gasteiger partial charge on any atom is 0.344 e. The van der Waals surface area contributed by atoms with Gasteiger partial charge in [0.1, 0.15) is 5.75 Å². The molecular weight excluding hydrogens is 554 g/mol. The van der Waals surface area contributed by atoms with Crippen molar-refractivity contribution >= 4 is 41.4 Å². The lowest BCUT2D eigenvalue weighted by molar-refractivity contribution is -0.394. The number of anilines is 3. The number of nitro benzene ring substituents is 2. The lowest BCUT2D eigenvalue weighted by Gasteiger charge is -2.30. The molecule has 2 aliphatic heterocycles. The van der Waals surface area contributed by atoms with E-state index in [1.54, 1.807) is 12.1 Å². The fraction of sp³-hybridized carbons (Fsp3) is 0.320. The summed E-state index contributed by atoms with van der Waals surface area (Å²) in [5.74, 6) is 0.454. The predicted octanol–water partition coefficient (Wildman–Crippen LogP) is 2.03. The number of ether oxygens (including phenoxy) is 3. The maximum atomic E-state index is 12.5. The molecule has 42 heavy (non-hydrogen) atoms. The van der Waals surface area contributed by atoms with E-state index in [1.807, 2.05) is 9.80 Å². The molecule has 2 aliphatic rings. The van der Waals surface area contributed by atoms with Crippen LogP contribution in [0.4, 0.5) is 29.2 Å². The highest BCUT2D eigenvalue weighted by Crippen LogP contribution is 2.24. The first-order chi connectivity index (χ1) is 20.4. The van der Waals surface area contributed by atoms with Gasteiger partial charge in [0.05, 0.1) is 54.1 Å². The van der Waals surface area contributed by atoms with Crippen molar-refractivity contribution in [3.05, 3.63) is 73.8 Å². The first-order valence-corrected chi connectivity index (χ1v) is 12.8. The monoisotopic (exact) mass is 579 g/mol. The van der Waals surface area contributed by atoms with E-state index in [0.717, 1.165) is 18.2 Å². The smallest absolute Gasteiger partial charge is 0.344 e. The minimum atomic E-state index is -0.980. The van der Waals surface area contributed by atoms with E-state index >= 15 is 0 Å². The Bertz CT molecular complexity index is 1420. The zero-order valence-corrected chi connectivity index (χ0v) is 22.1. The van der Waals surface area contributed by atoms with Crippen LogP contribution in [0.3, 0.4) is 0 Å². The number of benzene rings is 2. The van der Waals surface area contributed by atoms with E-state index in [0.29, 0.717) is 70.1 Å². The Hall–Kier alpha value is -5.29. The Morgan fingerprint density at radius 2 is 1.38 bits per heavy atom. The molecule has 0 amide bonds. The van der Waals surface area contributed by atoms with Gasteiger partial charge in [0.2, 0.25) is 17.8 Å². The highest BCUT2D eigenvalue weighted by Gasteiger charge is 2.22. The van der Waals surface area contributed by atoms with Gasteiger partial charge >= 0.3 is 5.97 Å². The third kappa shape index (κ3) is 7.07. The molecule has 0 spiro atoms. The lowest BCUT2D eigenvalue weighted by atomic mass is 10.1. The van der Waals surface area contributed by atoms with Gasteiger partial charge in [-0.2, -0.15) is 20.1 Å². The van der Waals surface area contributed by atoms with Crippen LogP contribution in [0.25, 0.3) is 0 Å². The molecule has 1 aromatic heterocycles. The molecule has 2 saturated heterocycles. The Morgan fingerprint density at radius 3 is 1.88 bits per heavy atom. The summed E-state index contributed by atoms with van der Waals surface area (Å²) in [7, 11) is 0. The molecule has 0 bridgehead atoms. The molecule has 2 aromatic carbocycles. The molecule has 218 valence electrons. The van der Waals surface area contributed by atoms with Crippen LogP contribution in [-0.4, -0.2) is 89.6 Å². The number of nitrogens with zero attached hydrogens (tertiary/aromatic N) is 8. The third-order valence-corrected chi connectivity index (χ3v) is 6.23. The number of rotatable bonds is 9. The molecule has 0 unspecified atom stereocenters. The molecule has 1 N–H and O–H groups in total. The second-order valence-corrected chi connectivity index (χ2v) is 9.04. The Kier molecular flexibility index (Phi) is 8.69. The summed E-state index contributed by atoms with van der Waals surface area (Å²) >= 11 is 0. The summed E-state index contributed by atoms with van der Waals surface area (Å²) in [5.41, 5.74) is 1.97. The topological polar surface area (TPSA) is 201 Å². The summed E-state index contributed by atoms with van der Waals surface area (Å²) in [6, 6.07) is 8.81. The fourth-order valence-corrected chi connectivity index (χ4v) is 4.09. The normalized spacial score (nSPS) is 15.4. The van der Waals surface area contributed by atoms with Gasteiger partial charge in [0, 0.05) is 38.3 Å². The van der Waals surface area contributed by atoms with E-state index in [-0.39, 0.29) is 17.3 Å². The van der Waals surface area contributed by atoms with Crippen molar-refractivity contribution < 1.29 is 28.9 Å². The van der Waals surface area contributed by atoms with Gasteiger partial charge in [-0.25, -0.2) is 10.2 Å². The summed E-state index contributed by atoms with van der Waals surface area (Å²) in [6.45, 7) is 4.95. The summed E-state index contributed by atoms with van der Waals surface area (Å²) in [5, 5.41) is 26.4. The van der Waals surface area contributed by atoms with Gasteiger partial charge < -0.3 is 24.0 Å². The zero-order valence-electron chi connectivity index (χ0n) is 22.1. The number of hydrogen-bond acceptors (Lipinski definition) is 15. The molecule has 5 rings (SSSR count). The number of carbonyl (C=O) groups is 1. The average Bonchev–Trinajstić information content (AvgIpc) is 3.02. The zero-order chi connectivity index (χ0) is 29.5. The average molecular weight is 580 g/mol. The van der Waals surface area contributed by atoms with Crippen LogP contribution in [0.15, 0.2) is 47.6 Å². The molecular formula is C25H25N9O8. The number of esters is 1. The van der Waals surface area contributed by atoms with Crippen molar-refractivity contribution in [2.75, 3.05) is 67.8 Å². The van der Waals surface area contributed by atoms with Gasteiger partial charge in [0.25, 0.3) is 11.4 Å². The van der Waals surface area contributed by atoms with Gasteiger partial charge in [-0.1, -0.05) is 0 Å². The predicted molar refractivity (Wildman–Crippen MR) is 148 cm³/mol. The van der Waals surface area contributed by atoms with Gasteiger partial charge in [-0.05, 0) is 29.8 Å². The van der Waals surface area contributed by atoms with E-state index in [2.05, 4.69) is 25.5 Å². The Balaban J connectivity index is 1.26. The Morgan fingerprint density at radius 1 is 0.857 bits per heavy atom. The standard InChI is InChI=1S/C25H25N9O8/c35-22(18-13-19(33(36)37)15-20(14-18)34(38)39)42-21-3-1-17(2-4-21)16-26-30-23-27-24(31-5-9-40-10-6-31)29-25(28-23)32-7-11-41-12-8-32/h1-4,13-16H,5-12H2,(H,27,28,29,30)/b26-16+. The molecule has 0 atom stereocenters. The quantitative estimate of drug-likeness (QED) is 0.127. The largest absolute Gasteiger partial charge is 0.423 e.